The molecule has 0 radical (unpaired) electrons. The van der Waals surface area contributed by atoms with Crippen molar-refractivity contribution in [2.24, 2.45) is 11.6 Å². The average molecular weight is 436 g/mol. The molecule has 11 heteroatoms. The van der Waals surface area contributed by atoms with Crippen molar-refractivity contribution < 1.29 is 9.66 Å². The molecule has 0 spiro atoms. The Bertz CT molecular complexity index is 734. The minimum Gasteiger partial charge on any atom is -0.479 e. The molecular weight excluding hydrogens is 422 g/mol. The maximum atomic E-state index is 11.3. The highest BCUT2D eigenvalue weighted by atomic mass is 127. The number of nitrogens with two attached hydrogens (primary N) is 2. The van der Waals surface area contributed by atoms with E-state index in [-0.39, 0.29) is 11.6 Å². The second-order valence-corrected chi connectivity index (χ2v) is 6.21. The molecule has 0 amide bonds. The lowest BCUT2D eigenvalue weighted by Crippen LogP contribution is -2.26. The van der Waals surface area contributed by atoms with Crippen LogP contribution in [0.1, 0.15) is 6.92 Å². The van der Waals surface area contributed by atoms with Crippen LogP contribution in [0, 0.1) is 10.1 Å². The number of nitro groups is 1. The van der Waals surface area contributed by atoms with E-state index in [1.807, 2.05) is 0 Å². The fourth-order valence-electron chi connectivity index (χ4n) is 1.88. The van der Waals surface area contributed by atoms with Crippen molar-refractivity contribution >= 4 is 50.7 Å². The Hall–Kier alpha value is -1.65. The van der Waals surface area contributed by atoms with Gasteiger partial charge in [-0.15, -0.1) is 0 Å². The number of rotatable bonds is 6. The largest absolute Gasteiger partial charge is 0.479 e. The number of benzene rings is 1. The first-order valence-corrected chi connectivity index (χ1v) is 10.2. The Morgan fingerprint density at radius 1 is 1.68 bits per heavy atom. The number of halogens is 1. The first kappa shape index (κ1) is 16.7. The van der Waals surface area contributed by atoms with Crippen LogP contribution in [0.15, 0.2) is 30.4 Å². The zero-order valence-corrected chi connectivity index (χ0v) is 14.7. The van der Waals surface area contributed by atoms with Crippen LogP contribution in [-0.2, 0) is 4.74 Å². The van der Waals surface area contributed by atoms with Gasteiger partial charge >= 0.3 is 0 Å². The molecule has 0 aliphatic rings. The van der Waals surface area contributed by atoms with Crippen molar-refractivity contribution in [1.29, 1.82) is 0 Å². The fourth-order valence-corrected chi connectivity index (χ4v) is 3.41. The second kappa shape index (κ2) is 7.07. The van der Waals surface area contributed by atoms with Crippen LogP contribution in [-0.4, -0.2) is 21.1 Å². The lowest BCUT2D eigenvalue weighted by Gasteiger charge is -2.15. The van der Waals surface area contributed by atoms with Gasteiger partial charge < -0.3 is 10.5 Å². The number of aromatic nitrogens is 2. The van der Waals surface area contributed by atoms with E-state index in [0.717, 1.165) is 0 Å². The first-order valence-electron chi connectivity index (χ1n) is 6.14. The third-order valence-electron chi connectivity index (χ3n) is 2.80. The summed E-state index contributed by atoms with van der Waals surface area (Å²) in [6, 6.07) is 3.09. The summed E-state index contributed by atoms with van der Waals surface area (Å²) >= 11 is 2.15. The number of ether oxygens (including phenoxy) is 1. The third kappa shape index (κ3) is 3.39. The molecule has 1 unspecified atom stereocenters. The number of nitro benzene ring substituents is 1. The molecule has 2 rings (SSSR count). The highest BCUT2D eigenvalue weighted by Gasteiger charge is 2.19. The summed E-state index contributed by atoms with van der Waals surface area (Å²) < 4.78 is 6.77. The van der Waals surface area contributed by atoms with Crippen molar-refractivity contribution in [2.75, 3.05) is 11.6 Å². The van der Waals surface area contributed by atoms with Gasteiger partial charge in [-0.1, -0.05) is 0 Å². The van der Waals surface area contributed by atoms with Crippen molar-refractivity contribution in [1.82, 2.24) is 9.55 Å². The van der Waals surface area contributed by atoms with Crippen molar-refractivity contribution in [2.45, 2.75) is 6.92 Å². The third-order valence-corrected chi connectivity index (χ3v) is 4.69. The Labute approximate surface area is 140 Å². The maximum Gasteiger partial charge on any atom is 0.282 e. The van der Waals surface area contributed by atoms with E-state index in [0.29, 0.717) is 29.6 Å². The van der Waals surface area contributed by atoms with E-state index >= 15 is 0 Å². The number of nitrogens with zero attached hydrogens (tertiary/aromatic N) is 4. The highest BCUT2D eigenvalue weighted by Crippen LogP contribution is 2.35. The number of non-ortho nitro benzene ring substituents is 1. The van der Waals surface area contributed by atoms with Crippen LogP contribution in [0.4, 0.5) is 11.4 Å². The molecule has 0 bridgehead atoms. The Kier molecular flexibility index (Phi) is 5.37. The first-order chi connectivity index (χ1) is 10.5. The normalized spacial score (nSPS) is 12.2. The molecule has 0 saturated heterocycles. The van der Waals surface area contributed by atoms with E-state index in [1.54, 1.807) is 17.4 Å². The molecule has 1 aromatic heterocycles. The van der Waals surface area contributed by atoms with E-state index in [2.05, 4.69) is 27.1 Å². The van der Waals surface area contributed by atoms with E-state index in [1.165, 1.54) is 23.5 Å². The number of hydrazine groups is 1. The minimum absolute atomic E-state index is 0.0627. The highest BCUT2D eigenvalue weighted by molar-refractivity contribution is 14.2. The molecule has 4 N–H and O–H groups in total. The summed E-state index contributed by atoms with van der Waals surface area (Å²) in [6.07, 6.45) is 3.16. The zero-order chi connectivity index (χ0) is 16.3. The van der Waals surface area contributed by atoms with E-state index in [9.17, 15) is 10.1 Å². The minimum atomic E-state index is -0.461. The summed E-state index contributed by atoms with van der Waals surface area (Å²) in [5.41, 5.74) is 6.62. The van der Waals surface area contributed by atoms with Gasteiger partial charge in [-0.25, -0.2) is 10.3 Å². The van der Waals surface area contributed by atoms with Crippen LogP contribution in [0.3, 0.4) is 0 Å². The van der Waals surface area contributed by atoms with Gasteiger partial charge in [0.2, 0.25) is 5.88 Å². The quantitative estimate of drug-likeness (QED) is 0.178. The molecule has 9 nitrogen and oxygen atoms in total. The van der Waals surface area contributed by atoms with Gasteiger partial charge in [0, 0.05) is 6.07 Å². The molecule has 22 heavy (non-hydrogen) atoms. The Morgan fingerprint density at radius 2 is 2.41 bits per heavy atom. The van der Waals surface area contributed by atoms with Gasteiger partial charge in [-0.2, -0.15) is 5.10 Å². The lowest BCUT2D eigenvalue weighted by atomic mass is 10.2. The average Bonchev–Trinajstić information content (AvgIpc) is 2.88. The predicted molar refractivity (Wildman–Crippen MR) is 94.7 cm³/mol. The standard InChI is InChI=1S/C11H14IN6O3P/c1-2-21-11(13)6-16(14)7-3-9-8(5-15-17(9)22-12)10(4-7)18(19)20/h3-6,22H,2,13-14H2,1H3/b11-6+. The van der Waals surface area contributed by atoms with Gasteiger partial charge in [-0.05, 0) is 35.0 Å². The fraction of sp³-hybridized carbons (Fsp3) is 0.182. The van der Waals surface area contributed by atoms with Gasteiger partial charge in [0.15, 0.2) is 0 Å². The smallest absolute Gasteiger partial charge is 0.282 e. The van der Waals surface area contributed by atoms with Gasteiger partial charge in [0.1, 0.15) is 0 Å². The van der Waals surface area contributed by atoms with Crippen molar-refractivity contribution in [3.63, 3.8) is 0 Å². The molecule has 1 aromatic carbocycles. The summed E-state index contributed by atoms with van der Waals surface area (Å²) in [5.74, 6) is 6.01. The number of anilines is 1. The number of hydrogen-bond donors (Lipinski definition) is 2. The topological polar surface area (TPSA) is 125 Å². The van der Waals surface area contributed by atoms with Crippen LogP contribution in [0.25, 0.3) is 10.9 Å². The Morgan fingerprint density at radius 3 is 3.00 bits per heavy atom. The van der Waals surface area contributed by atoms with Crippen molar-refractivity contribution in [3.05, 3.63) is 40.5 Å². The predicted octanol–water partition coefficient (Wildman–Crippen LogP) is 2.21. The molecule has 0 fully saturated rings. The van der Waals surface area contributed by atoms with Crippen LogP contribution >= 0.6 is 28.4 Å². The summed E-state index contributed by atoms with van der Waals surface area (Å²) in [7, 11) is 0. The maximum absolute atomic E-state index is 11.3. The number of fused-ring (bicyclic) bond motifs is 1. The Balaban J connectivity index is 2.54. The molecule has 1 atom stereocenters. The summed E-state index contributed by atoms with van der Waals surface area (Å²) in [6.45, 7) is 2.19. The summed E-state index contributed by atoms with van der Waals surface area (Å²) in [4.78, 5) is 10.8. The molecule has 1 heterocycles. The van der Waals surface area contributed by atoms with Crippen LogP contribution in [0.2, 0.25) is 0 Å². The molecule has 118 valence electrons. The lowest BCUT2D eigenvalue weighted by molar-refractivity contribution is -0.383. The van der Waals surface area contributed by atoms with Gasteiger partial charge in [0.05, 0.1) is 46.9 Å². The van der Waals surface area contributed by atoms with Crippen LogP contribution in [0.5, 0.6) is 0 Å². The van der Waals surface area contributed by atoms with Gasteiger partial charge in [-0.3, -0.25) is 15.1 Å². The summed E-state index contributed by atoms with van der Waals surface area (Å²) in [5, 5.41) is 17.0. The number of hydrogen-bond acceptors (Lipinski definition) is 7. The van der Waals surface area contributed by atoms with Crippen LogP contribution < -0.4 is 16.6 Å². The van der Waals surface area contributed by atoms with E-state index in [4.69, 9.17) is 16.3 Å². The monoisotopic (exact) mass is 436 g/mol. The molecule has 0 aliphatic heterocycles. The second-order valence-electron chi connectivity index (χ2n) is 4.17. The SMILES string of the molecule is CCO/C(N)=C/N(N)c1cc([N+](=O)[O-])c2cnn(PI)c2c1. The molecule has 2 aromatic rings. The van der Waals surface area contributed by atoms with E-state index < -0.39 is 4.92 Å². The van der Waals surface area contributed by atoms with Gasteiger partial charge in [0.25, 0.3) is 5.69 Å². The zero-order valence-electron chi connectivity index (χ0n) is 11.6. The molecule has 0 saturated carbocycles. The van der Waals surface area contributed by atoms with Crippen molar-refractivity contribution in [3.8, 4) is 0 Å². The molecular formula is C11H14IN6O3P. The molecule has 0 aliphatic carbocycles.